The number of hydrogen-bond acceptors (Lipinski definition) is 7. The molecule has 1 aromatic heterocycles. The molecule has 0 spiro atoms. The number of aromatic nitrogens is 2. The van der Waals surface area contributed by atoms with E-state index in [9.17, 15) is 9.59 Å². The third kappa shape index (κ3) is 5.91. The Kier molecular flexibility index (Phi) is 8.20. The lowest BCUT2D eigenvalue weighted by atomic mass is 9.84. The van der Waals surface area contributed by atoms with E-state index in [0.29, 0.717) is 41.0 Å². The van der Waals surface area contributed by atoms with Gasteiger partial charge >= 0.3 is 12.4 Å². The number of ether oxygens (including phenoxy) is 2. The molecule has 1 aliphatic rings. The molecule has 10 heteroatoms. The summed E-state index contributed by atoms with van der Waals surface area (Å²) < 4.78 is 12.5. The second kappa shape index (κ2) is 11.5. The van der Waals surface area contributed by atoms with Crippen LogP contribution in [0.3, 0.4) is 0 Å². The number of imidazole rings is 1. The van der Waals surface area contributed by atoms with E-state index in [1.54, 1.807) is 30.2 Å². The Balaban J connectivity index is 1.62. The van der Waals surface area contributed by atoms with Crippen molar-refractivity contribution in [3.8, 4) is 11.5 Å². The van der Waals surface area contributed by atoms with Crippen LogP contribution in [-0.2, 0) is 16.0 Å². The van der Waals surface area contributed by atoms with E-state index >= 15 is 0 Å². The van der Waals surface area contributed by atoms with Crippen LogP contribution in [0.25, 0.3) is 0 Å². The molecular weight excluding hydrogens is 492 g/mol. The Hall–Kier alpha value is -3.17. The van der Waals surface area contributed by atoms with E-state index in [2.05, 4.69) is 11.9 Å². The van der Waals surface area contributed by atoms with E-state index in [1.807, 2.05) is 30.3 Å². The monoisotopic (exact) mass is 516 g/mol. The van der Waals surface area contributed by atoms with Gasteiger partial charge in [-0.1, -0.05) is 30.7 Å². The summed E-state index contributed by atoms with van der Waals surface area (Å²) in [5, 5.41) is 9.47. The number of carbonyl (C=O) groups excluding carboxylic acids is 1. The average Bonchev–Trinajstić information content (AvgIpc) is 3.50. The van der Waals surface area contributed by atoms with Crippen LogP contribution >= 0.6 is 23.4 Å². The second-order valence-electron chi connectivity index (χ2n) is 8.01. The van der Waals surface area contributed by atoms with Crippen LogP contribution in [-0.4, -0.2) is 39.8 Å². The van der Waals surface area contributed by atoms with Gasteiger partial charge in [-0.15, -0.1) is 11.8 Å². The highest BCUT2D eigenvalue weighted by molar-refractivity contribution is 7.99. The first-order valence-electron chi connectivity index (χ1n) is 11.2. The van der Waals surface area contributed by atoms with Crippen LogP contribution in [0.4, 0.5) is 0 Å². The van der Waals surface area contributed by atoms with Crippen LogP contribution in [0.5, 0.6) is 11.5 Å². The Bertz CT molecular complexity index is 1180. The Labute approximate surface area is 212 Å². The van der Waals surface area contributed by atoms with Crippen molar-refractivity contribution in [2.75, 3.05) is 12.5 Å². The van der Waals surface area contributed by atoms with Gasteiger partial charge in [-0.25, -0.2) is 4.98 Å². The fourth-order valence-electron chi connectivity index (χ4n) is 4.17. The number of aliphatic carboxylic acids is 1. The summed E-state index contributed by atoms with van der Waals surface area (Å²) in [6, 6.07) is 11.6. The molecule has 2 aromatic carbocycles. The minimum atomic E-state index is -0.811. The number of fused-ring (bicyclic) bond motifs is 1. The lowest BCUT2D eigenvalue weighted by molar-refractivity contribution is -0.137. The van der Waals surface area contributed by atoms with E-state index in [4.69, 9.17) is 31.0 Å². The maximum absolute atomic E-state index is 11.0. The highest BCUT2D eigenvalue weighted by Gasteiger charge is 2.31. The second-order valence-corrected chi connectivity index (χ2v) is 9.51. The van der Waals surface area contributed by atoms with Crippen LogP contribution < -0.4 is 14.3 Å². The number of hydrogen-bond donors (Lipinski definition) is 1. The minimum absolute atomic E-state index is 0.0879. The number of rotatable bonds is 12. The molecule has 4 rings (SSSR count). The summed E-state index contributed by atoms with van der Waals surface area (Å²) in [5.41, 5.74) is 1.88. The first kappa shape index (κ1) is 24.9. The van der Waals surface area contributed by atoms with Crippen molar-refractivity contribution in [3.05, 3.63) is 70.8 Å². The van der Waals surface area contributed by atoms with E-state index in [-0.39, 0.29) is 25.0 Å². The number of nitrogens with zero attached hydrogens (tertiary/aromatic N) is 2. The van der Waals surface area contributed by atoms with Crippen molar-refractivity contribution in [3.63, 3.8) is 0 Å². The SMILES string of the molecule is CCC(c1nccn1OC=O)C(CSc1ccc(CCC(=O)O)cc1)c1cc2c(cc1Cl)OCO2. The molecule has 184 valence electrons. The molecule has 0 saturated heterocycles. The van der Waals surface area contributed by atoms with Crippen molar-refractivity contribution in [1.82, 2.24) is 9.71 Å². The summed E-state index contributed by atoms with van der Waals surface area (Å²) in [4.78, 5) is 32.5. The number of halogens is 1. The fourth-order valence-corrected chi connectivity index (χ4v) is 5.58. The van der Waals surface area contributed by atoms with Gasteiger partial charge in [-0.3, -0.25) is 9.59 Å². The largest absolute Gasteiger partial charge is 0.481 e. The number of aryl methyl sites for hydroxylation is 1. The lowest BCUT2D eigenvalue weighted by Crippen LogP contribution is -2.21. The maximum atomic E-state index is 11.0. The molecule has 3 aromatic rings. The van der Waals surface area contributed by atoms with Gasteiger partial charge in [0, 0.05) is 46.2 Å². The Morgan fingerprint density at radius 1 is 1.26 bits per heavy atom. The molecule has 35 heavy (non-hydrogen) atoms. The topological polar surface area (TPSA) is 99.9 Å². The number of carboxylic acid groups (broad SMARTS) is 1. The van der Waals surface area contributed by atoms with Gasteiger partial charge in [0.05, 0.1) is 6.20 Å². The van der Waals surface area contributed by atoms with Gasteiger partial charge in [-0.2, -0.15) is 4.73 Å². The molecule has 0 radical (unpaired) electrons. The summed E-state index contributed by atoms with van der Waals surface area (Å²) >= 11 is 8.39. The predicted octanol–water partition coefficient (Wildman–Crippen LogP) is 4.94. The molecule has 1 aliphatic heterocycles. The number of carbonyl (C=O) groups is 2. The molecule has 0 fully saturated rings. The fraction of sp³-hybridized carbons (Fsp3) is 0.320. The molecular formula is C25H25ClN2O6S. The number of benzene rings is 2. The van der Waals surface area contributed by atoms with Crippen molar-refractivity contribution in [2.24, 2.45) is 0 Å². The Morgan fingerprint density at radius 2 is 2.00 bits per heavy atom. The van der Waals surface area contributed by atoms with E-state index < -0.39 is 5.97 Å². The molecule has 0 aliphatic carbocycles. The van der Waals surface area contributed by atoms with Gasteiger partial charge in [0.25, 0.3) is 0 Å². The number of thioether (sulfide) groups is 1. The molecule has 0 bridgehead atoms. The van der Waals surface area contributed by atoms with Crippen molar-refractivity contribution < 1.29 is 29.0 Å². The van der Waals surface area contributed by atoms with Crippen LogP contribution in [0, 0.1) is 0 Å². The standard InChI is InChI=1S/C25H25ClN2O6S/c1-2-18(25-27-9-10-28(25)34-14-29)20(19-11-22-23(12-21(19)26)33-15-32-22)13-35-17-6-3-16(4-7-17)5-8-24(30)31/h3-4,6-7,9-12,14,18,20H,2,5,8,13,15H2,1H3,(H,30,31). The van der Waals surface area contributed by atoms with Crippen molar-refractivity contribution in [1.29, 1.82) is 0 Å². The quantitative estimate of drug-likeness (QED) is 0.267. The first-order valence-corrected chi connectivity index (χ1v) is 12.5. The van der Waals surface area contributed by atoms with Gasteiger partial charge in [0.2, 0.25) is 6.79 Å². The third-order valence-corrected chi connectivity index (χ3v) is 7.38. The van der Waals surface area contributed by atoms with Crippen LogP contribution in [0.1, 0.15) is 48.6 Å². The van der Waals surface area contributed by atoms with Crippen LogP contribution in [0.15, 0.2) is 53.7 Å². The zero-order chi connectivity index (χ0) is 24.8. The Morgan fingerprint density at radius 3 is 2.69 bits per heavy atom. The normalized spacial score (nSPS) is 13.9. The van der Waals surface area contributed by atoms with Gasteiger partial charge < -0.3 is 19.4 Å². The summed E-state index contributed by atoms with van der Waals surface area (Å²) in [6.07, 6.45) is 4.53. The summed E-state index contributed by atoms with van der Waals surface area (Å²) in [5.74, 6) is 1.54. The van der Waals surface area contributed by atoms with E-state index in [1.165, 1.54) is 4.73 Å². The third-order valence-electron chi connectivity index (χ3n) is 5.92. The highest BCUT2D eigenvalue weighted by atomic mass is 35.5. The van der Waals surface area contributed by atoms with Gasteiger partial charge in [0.15, 0.2) is 11.5 Å². The van der Waals surface area contributed by atoms with Crippen molar-refractivity contribution in [2.45, 2.75) is 42.9 Å². The zero-order valence-corrected chi connectivity index (χ0v) is 20.6. The molecule has 2 unspecified atom stereocenters. The van der Waals surface area contributed by atoms with Crippen molar-refractivity contribution >= 4 is 35.8 Å². The van der Waals surface area contributed by atoms with E-state index in [0.717, 1.165) is 22.4 Å². The minimum Gasteiger partial charge on any atom is -0.481 e. The molecule has 8 nitrogen and oxygen atoms in total. The molecule has 0 amide bonds. The molecule has 2 heterocycles. The predicted molar refractivity (Wildman–Crippen MR) is 131 cm³/mol. The maximum Gasteiger partial charge on any atom is 0.321 e. The van der Waals surface area contributed by atoms with Crippen LogP contribution in [0.2, 0.25) is 5.02 Å². The lowest BCUT2D eigenvalue weighted by Gasteiger charge is -2.27. The summed E-state index contributed by atoms with van der Waals surface area (Å²) in [7, 11) is 0. The first-order chi connectivity index (χ1) is 17.0. The molecule has 0 saturated carbocycles. The smallest absolute Gasteiger partial charge is 0.321 e. The molecule has 1 N–H and O–H groups in total. The average molecular weight is 517 g/mol. The number of carboxylic acids is 1. The zero-order valence-electron chi connectivity index (χ0n) is 19.1. The van der Waals surface area contributed by atoms with Gasteiger partial charge in [-0.05, 0) is 42.2 Å². The summed E-state index contributed by atoms with van der Waals surface area (Å²) in [6.45, 7) is 2.58. The molecule has 2 atom stereocenters. The highest BCUT2D eigenvalue weighted by Crippen LogP contribution is 2.45. The van der Waals surface area contributed by atoms with Gasteiger partial charge in [0.1, 0.15) is 5.82 Å².